The molecule has 2 aromatic heterocycles. The molecule has 28 heavy (non-hydrogen) atoms. The number of fused-ring (bicyclic) bond motifs is 1. The fourth-order valence-corrected chi connectivity index (χ4v) is 3.77. The first-order valence-electron chi connectivity index (χ1n) is 8.78. The average Bonchev–Trinajstić information content (AvgIpc) is 3.33. The first-order chi connectivity index (χ1) is 13.6. The Morgan fingerprint density at radius 3 is 2.96 bits per heavy atom. The number of thiazole rings is 1. The predicted molar refractivity (Wildman–Crippen MR) is 109 cm³/mol. The molecule has 4 rings (SSSR count). The molecule has 0 saturated heterocycles. The number of hydrogen-bond acceptors (Lipinski definition) is 4. The number of para-hydroxylation sites is 1. The van der Waals surface area contributed by atoms with Crippen LogP contribution < -0.4 is 10.1 Å². The molecule has 0 radical (unpaired) electrons. The molecular formula is C21H18FN3O2S. The van der Waals surface area contributed by atoms with Gasteiger partial charge < -0.3 is 15.0 Å². The maximum Gasteiger partial charge on any atom is 0.226 e. The van der Waals surface area contributed by atoms with Gasteiger partial charge in [-0.25, -0.2) is 9.37 Å². The van der Waals surface area contributed by atoms with E-state index in [1.54, 1.807) is 12.1 Å². The molecule has 0 fully saturated rings. The summed E-state index contributed by atoms with van der Waals surface area (Å²) in [5.74, 6) is -0.388. The van der Waals surface area contributed by atoms with E-state index in [1.807, 2.05) is 35.8 Å². The molecule has 4 aromatic rings. The van der Waals surface area contributed by atoms with Crippen LogP contribution in [-0.4, -0.2) is 23.0 Å². The van der Waals surface area contributed by atoms with Crippen molar-refractivity contribution in [1.29, 1.82) is 0 Å². The second kappa shape index (κ2) is 7.82. The molecule has 7 heteroatoms. The number of ether oxygens (including phenoxy) is 1. The van der Waals surface area contributed by atoms with Gasteiger partial charge in [-0.1, -0.05) is 24.3 Å². The van der Waals surface area contributed by atoms with Crippen LogP contribution in [0.3, 0.4) is 0 Å². The van der Waals surface area contributed by atoms with Crippen LogP contribution in [0.15, 0.2) is 54.0 Å². The molecule has 0 aliphatic heterocycles. The minimum Gasteiger partial charge on any atom is -0.494 e. The van der Waals surface area contributed by atoms with E-state index in [4.69, 9.17) is 4.74 Å². The number of nitrogens with one attached hydrogen (secondary N) is 2. The monoisotopic (exact) mass is 395 g/mol. The topological polar surface area (TPSA) is 67.0 Å². The highest BCUT2D eigenvalue weighted by Gasteiger charge is 2.12. The van der Waals surface area contributed by atoms with E-state index >= 15 is 0 Å². The molecule has 0 bridgehead atoms. The van der Waals surface area contributed by atoms with Gasteiger partial charge in [0.05, 0.1) is 12.8 Å². The standard InChI is InChI=1S/C21H18FN3O2S/c1-27-19-8-6-13(10-16(19)22)7-9-20(26)25-21-24-18(12-28-21)15-11-23-17-5-3-2-4-14(15)17/h2-6,8,10-12,23H,7,9H2,1H3,(H,24,25,26). The van der Waals surface area contributed by atoms with Gasteiger partial charge in [0.2, 0.25) is 5.91 Å². The minimum atomic E-state index is -0.427. The van der Waals surface area contributed by atoms with Gasteiger partial charge in [0, 0.05) is 34.5 Å². The number of aromatic amines is 1. The van der Waals surface area contributed by atoms with E-state index in [0.29, 0.717) is 11.6 Å². The normalized spacial score (nSPS) is 10.9. The van der Waals surface area contributed by atoms with Gasteiger partial charge in [0.25, 0.3) is 0 Å². The Hall–Kier alpha value is -3.19. The number of hydrogen-bond donors (Lipinski definition) is 2. The van der Waals surface area contributed by atoms with Gasteiger partial charge >= 0.3 is 0 Å². The molecule has 2 N–H and O–H groups in total. The maximum atomic E-state index is 13.7. The summed E-state index contributed by atoms with van der Waals surface area (Å²) in [5.41, 5.74) is 3.60. The summed E-state index contributed by atoms with van der Waals surface area (Å²) >= 11 is 1.38. The lowest BCUT2D eigenvalue weighted by molar-refractivity contribution is -0.116. The van der Waals surface area contributed by atoms with E-state index in [1.165, 1.54) is 24.5 Å². The summed E-state index contributed by atoms with van der Waals surface area (Å²) in [7, 11) is 1.42. The van der Waals surface area contributed by atoms with Crippen LogP contribution in [0.4, 0.5) is 9.52 Å². The zero-order chi connectivity index (χ0) is 19.5. The second-order valence-electron chi connectivity index (χ2n) is 6.30. The number of carbonyl (C=O) groups is 1. The maximum absolute atomic E-state index is 13.7. The van der Waals surface area contributed by atoms with Crippen molar-refractivity contribution in [3.05, 3.63) is 65.4 Å². The van der Waals surface area contributed by atoms with Crippen LogP contribution in [-0.2, 0) is 11.2 Å². The first-order valence-corrected chi connectivity index (χ1v) is 9.66. The van der Waals surface area contributed by atoms with Gasteiger partial charge in [-0.2, -0.15) is 0 Å². The Kier molecular flexibility index (Phi) is 5.08. The Morgan fingerprint density at radius 2 is 2.14 bits per heavy atom. The van der Waals surface area contributed by atoms with Crippen molar-refractivity contribution in [2.24, 2.45) is 0 Å². The van der Waals surface area contributed by atoms with E-state index < -0.39 is 5.82 Å². The predicted octanol–water partition coefficient (Wildman–Crippen LogP) is 5.01. The number of aryl methyl sites for hydroxylation is 1. The number of benzene rings is 2. The smallest absolute Gasteiger partial charge is 0.226 e. The van der Waals surface area contributed by atoms with Crippen LogP contribution in [0.1, 0.15) is 12.0 Å². The quantitative estimate of drug-likeness (QED) is 0.482. The number of anilines is 1. The van der Waals surface area contributed by atoms with Gasteiger partial charge in [-0.05, 0) is 30.2 Å². The van der Waals surface area contributed by atoms with Crippen LogP contribution in [0.2, 0.25) is 0 Å². The molecule has 2 heterocycles. The molecule has 0 aliphatic rings. The molecule has 0 spiro atoms. The number of rotatable bonds is 6. The second-order valence-corrected chi connectivity index (χ2v) is 7.16. The summed E-state index contributed by atoms with van der Waals surface area (Å²) < 4.78 is 18.6. The van der Waals surface area contributed by atoms with Gasteiger partial charge in [0.1, 0.15) is 0 Å². The van der Waals surface area contributed by atoms with E-state index in [-0.39, 0.29) is 18.1 Å². The third kappa shape index (κ3) is 3.75. The van der Waals surface area contributed by atoms with Crippen LogP contribution in [0, 0.1) is 5.82 Å². The van der Waals surface area contributed by atoms with Gasteiger partial charge in [-0.3, -0.25) is 4.79 Å². The zero-order valence-electron chi connectivity index (χ0n) is 15.2. The summed E-state index contributed by atoms with van der Waals surface area (Å²) in [4.78, 5) is 20.0. The fraction of sp³-hybridized carbons (Fsp3) is 0.143. The number of methoxy groups -OCH3 is 1. The summed E-state index contributed by atoms with van der Waals surface area (Å²) in [6.45, 7) is 0. The molecule has 0 saturated carbocycles. The van der Waals surface area contributed by atoms with Crippen molar-refractivity contribution in [3.63, 3.8) is 0 Å². The molecule has 142 valence electrons. The minimum absolute atomic E-state index is 0.156. The highest BCUT2D eigenvalue weighted by Crippen LogP contribution is 2.31. The number of nitrogens with zero attached hydrogens (tertiary/aromatic N) is 1. The molecule has 0 unspecified atom stereocenters. The largest absolute Gasteiger partial charge is 0.494 e. The zero-order valence-corrected chi connectivity index (χ0v) is 16.0. The summed E-state index contributed by atoms with van der Waals surface area (Å²) in [5, 5.41) is 6.38. The third-order valence-corrected chi connectivity index (χ3v) is 5.23. The average molecular weight is 395 g/mol. The van der Waals surface area contributed by atoms with Gasteiger partial charge in [-0.15, -0.1) is 11.3 Å². The van der Waals surface area contributed by atoms with E-state index in [9.17, 15) is 9.18 Å². The van der Waals surface area contributed by atoms with Crippen LogP contribution >= 0.6 is 11.3 Å². The number of halogens is 1. The van der Waals surface area contributed by atoms with Crippen molar-refractivity contribution in [1.82, 2.24) is 9.97 Å². The summed E-state index contributed by atoms with van der Waals surface area (Å²) in [6, 6.07) is 12.7. The Bertz CT molecular complexity index is 1140. The first kappa shape index (κ1) is 18.2. The Labute approximate surface area is 165 Å². The highest BCUT2D eigenvalue weighted by molar-refractivity contribution is 7.14. The molecule has 2 aromatic carbocycles. The van der Waals surface area contributed by atoms with Crippen molar-refractivity contribution >= 4 is 33.3 Å². The molecular weight excluding hydrogens is 377 g/mol. The number of aromatic nitrogens is 2. The lowest BCUT2D eigenvalue weighted by Crippen LogP contribution is -2.12. The van der Waals surface area contributed by atoms with Crippen molar-refractivity contribution in [3.8, 4) is 17.0 Å². The Morgan fingerprint density at radius 1 is 1.29 bits per heavy atom. The number of H-pyrrole nitrogens is 1. The lowest BCUT2D eigenvalue weighted by Gasteiger charge is -2.05. The highest BCUT2D eigenvalue weighted by atomic mass is 32.1. The molecule has 0 aliphatic carbocycles. The van der Waals surface area contributed by atoms with Gasteiger partial charge in [0.15, 0.2) is 16.7 Å². The number of carbonyl (C=O) groups excluding carboxylic acids is 1. The molecule has 0 atom stereocenters. The van der Waals surface area contributed by atoms with Crippen molar-refractivity contribution in [2.75, 3.05) is 12.4 Å². The van der Waals surface area contributed by atoms with E-state index in [0.717, 1.165) is 27.7 Å². The van der Waals surface area contributed by atoms with Crippen LogP contribution in [0.5, 0.6) is 5.75 Å². The lowest BCUT2D eigenvalue weighted by atomic mass is 10.1. The van der Waals surface area contributed by atoms with Crippen LogP contribution in [0.25, 0.3) is 22.2 Å². The molecule has 1 amide bonds. The third-order valence-electron chi connectivity index (χ3n) is 4.47. The Balaban J connectivity index is 1.40. The van der Waals surface area contributed by atoms with Crippen molar-refractivity contribution in [2.45, 2.75) is 12.8 Å². The number of amides is 1. The molecule has 5 nitrogen and oxygen atoms in total. The SMILES string of the molecule is COc1ccc(CCC(=O)Nc2nc(-c3c[nH]c4ccccc34)cs2)cc1F. The van der Waals surface area contributed by atoms with Crippen molar-refractivity contribution < 1.29 is 13.9 Å². The summed E-state index contributed by atoms with van der Waals surface area (Å²) in [6.07, 6.45) is 2.60. The fourth-order valence-electron chi connectivity index (χ4n) is 3.04. The van der Waals surface area contributed by atoms with E-state index in [2.05, 4.69) is 15.3 Å².